The molecule has 118 valence electrons. The van der Waals surface area contributed by atoms with Crippen LogP contribution in [0.5, 0.6) is 0 Å². The van der Waals surface area contributed by atoms with Gasteiger partial charge in [0.25, 0.3) is 0 Å². The largest absolute Gasteiger partial charge is 0.364 e. The van der Waals surface area contributed by atoms with Crippen LogP contribution in [0.1, 0.15) is 31.7 Å². The summed E-state index contributed by atoms with van der Waals surface area (Å²) in [5.74, 6) is 0. The molecule has 4 nitrogen and oxygen atoms in total. The van der Waals surface area contributed by atoms with E-state index in [2.05, 4.69) is 36.1 Å². The molecule has 2 unspecified atom stereocenters. The third kappa shape index (κ3) is 2.94. The number of hydrogen-bond donors (Lipinski definition) is 1. The van der Waals surface area contributed by atoms with Crippen molar-refractivity contribution >= 4 is 15.5 Å². The van der Waals surface area contributed by atoms with Crippen molar-refractivity contribution in [2.75, 3.05) is 24.2 Å². The fraction of sp³-hybridized carbons (Fsp3) is 0.625. The zero-order chi connectivity index (χ0) is 15.7. The third-order valence-electron chi connectivity index (χ3n) is 4.75. The first-order valence-corrected chi connectivity index (χ1v) is 9.54. The van der Waals surface area contributed by atoms with Gasteiger partial charge in [0.15, 0.2) is 9.84 Å². The Morgan fingerprint density at radius 2 is 1.95 bits per heavy atom. The molecule has 0 bridgehead atoms. The van der Waals surface area contributed by atoms with Crippen LogP contribution in [0.25, 0.3) is 0 Å². The molecule has 21 heavy (non-hydrogen) atoms. The normalized spacial score (nSPS) is 26.0. The number of anilines is 1. The molecule has 2 atom stereocenters. The number of nitrogens with zero attached hydrogens (tertiary/aromatic N) is 1. The number of hydrogen-bond acceptors (Lipinski definition) is 4. The zero-order valence-electron chi connectivity index (χ0n) is 13.2. The lowest BCUT2D eigenvalue weighted by Crippen LogP contribution is -2.61. The summed E-state index contributed by atoms with van der Waals surface area (Å²) in [6.45, 7) is 5.24. The minimum Gasteiger partial charge on any atom is -0.364 e. The van der Waals surface area contributed by atoms with Gasteiger partial charge in [-0.1, -0.05) is 17.7 Å². The maximum Gasteiger partial charge on any atom is 0.152 e. The molecule has 1 aromatic carbocycles. The van der Waals surface area contributed by atoms with Gasteiger partial charge in [-0.2, -0.15) is 0 Å². The summed E-state index contributed by atoms with van der Waals surface area (Å²) in [6.07, 6.45) is 3.80. The van der Waals surface area contributed by atoms with Crippen molar-refractivity contribution in [2.45, 2.75) is 43.9 Å². The number of sulfone groups is 1. The van der Waals surface area contributed by atoms with Crippen LogP contribution in [0, 0.1) is 6.92 Å². The molecule has 0 radical (unpaired) electrons. The van der Waals surface area contributed by atoms with E-state index in [9.17, 15) is 8.42 Å². The zero-order valence-corrected chi connectivity index (χ0v) is 14.0. The molecule has 0 heterocycles. The van der Waals surface area contributed by atoms with Gasteiger partial charge in [-0.15, -0.1) is 0 Å². The molecule has 2 rings (SSSR count). The summed E-state index contributed by atoms with van der Waals surface area (Å²) in [5.41, 5.74) is 7.88. The molecule has 0 spiro atoms. The van der Waals surface area contributed by atoms with Gasteiger partial charge in [0.05, 0.1) is 10.8 Å². The van der Waals surface area contributed by atoms with Gasteiger partial charge in [0, 0.05) is 25.0 Å². The maximum atomic E-state index is 12.2. The van der Waals surface area contributed by atoms with Crippen LogP contribution in [0.2, 0.25) is 0 Å². The highest BCUT2D eigenvalue weighted by Crippen LogP contribution is 2.41. The van der Waals surface area contributed by atoms with E-state index in [1.165, 1.54) is 11.8 Å². The highest BCUT2D eigenvalue weighted by atomic mass is 32.2. The highest BCUT2D eigenvalue weighted by molar-refractivity contribution is 7.91. The Labute approximate surface area is 128 Å². The Hall–Kier alpha value is -1.07. The molecular weight excluding hydrogens is 284 g/mol. The highest BCUT2D eigenvalue weighted by Gasteiger charge is 2.50. The molecule has 1 aromatic rings. The summed E-state index contributed by atoms with van der Waals surface area (Å²) in [5, 5.41) is -0.378. The molecule has 1 fully saturated rings. The number of likely N-dealkylation sites (N-methyl/N-ethyl adjacent to an activating group) is 1. The predicted molar refractivity (Wildman–Crippen MR) is 88.5 cm³/mol. The smallest absolute Gasteiger partial charge is 0.152 e. The molecule has 2 N–H and O–H groups in total. The first kappa shape index (κ1) is 16.3. The summed E-state index contributed by atoms with van der Waals surface area (Å²) in [7, 11) is -3.12. The van der Waals surface area contributed by atoms with Gasteiger partial charge in [-0.05, 0) is 45.2 Å². The number of nitrogens with two attached hydrogens (primary N) is 1. The lowest BCUT2D eigenvalue weighted by atomic mass is 9.93. The van der Waals surface area contributed by atoms with Crippen molar-refractivity contribution < 1.29 is 8.42 Å². The molecule has 0 saturated heterocycles. The van der Waals surface area contributed by atoms with Crippen molar-refractivity contribution in [3.05, 3.63) is 29.8 Å². The Morgan fingerprint density at radius 1 is 1.33 bits per heavy atom. The fourth-order valence-electron chi connectivity index (χ4n) is 3.77. The van der Waals surface area contributed by atoms with Gasteiger partial charge in [0.1, 0.15) is 0 Å². The lowest BCUT2D eigenvalue weighted by molar-refractivity contribution is 0.405. The van der Waals surface area contributed by atoms with Crippen molar-refractivity contribution in [1.82, 2.24) is 0 Å². The quantitative estimate of drug-likeness (QED) is 0.905. The second-order valence-corrected chi connectivity index (χ2v) is 8.33. The minimum absolute atomic E-state index is 0.368. The van der Waals surface area contributed by atoms with Crippen LogP contribution in [-0.2, 0) is 9.84 Å². The van der Waals surface area contributed by atoms with Gasteiger partial charge in [0.2, 0.25) is 0 Å². The number of benzene rings is 1. The van der Waals surface area contributed by atoms with Crippen molar-refractivity contribution in [1.29, 1.82) is 0 Å². The SMILES string of the molecule is CCN(c1ccc(C)cc1)C1(CN)CCCC1S(C)(=O)=O. The second-order valence-electron chi connectivity index (χ2n) is 6.10. The van der Waals surface area contributed by atoms with E-state index in [0.29, 0.717) is 13.0 Å². The van der Waals surface area contributed by atoms with Crippen LogP contribution in [0.4, 0.5) is 5.69 Å². The van der Waals surface area contributed by atoms with E-state index in [-0.39, 0.29) is 5.25 Å². The summed E-state index contributed by atoms with van der Waals surface area (Å²) in [6, 6.07) is 8.25. The Kier molecular flexibility index (Phi) is 4.63. The Morgan fingerprint density at radius 3 is 2.43 bits per heavy atom. The standard InChI is InChI=1S/C16H26N2O2S/c1-4-18(14-9-7-13(2)8-10-14)16(12-17)11-5-6-15(16)21(3,19)20/h7-10,15H,4-6,11-12,17H2,1-3H3. The number of rotatable bonds is 5. The van der Waals surface area contributed by atoms with Crippen LogP contribution >= 0.6 is 0 Å². The van der Waals surface area contributed by atoms with Gasteiger partial charge in [-0.3, -0.25) is 0 Å². The monoisotopic (exact) mass is 310 g/mol. The second kappa shape index (κ2) is 5.97. The average molecular weight is 310 g/mol. The van der Waals surface area contributed by atoms with Crippen molar-refractivity contribution in [3.8, 4) is 0 Å². The molecule has 0 aromatic heterocycles. The van der Waals surface area contributed by atoms with Gasteiger partial charge < -0.3 is 10.6 Å². The van der Waals surface area contributed by atoms with Gasteiger partial charge in [-0.25, -0.2) is 8.42 Å². The van der Waals surface area contributed by atoms with Crippen LogP contribution in [0.15, 0.2) is 24.3 Å². The van der Waals surface area contributed by atoms with Crippen molar-refractivity contribution in [3.63, 3.8) is 0 Å². The molecule has 1 aliphatic carbocycles. The van der Waals surface area contributed by atoms with E-state index >= 15 is 0 Å². The average Bonchev–Trinajstić information content (AvgIpc) is 2.87. The molecular formula is C16H26N2O2S. The van der Waals surface area contributed by atoms with Crippen LogP contribution < -0.4 is 10.6 Å². The summed E-state index contributed by atoms with van der Waals surface area (Å²) in [4.78, 5) is 2.20. The van der Waals surface area contributed by atoms with E-state index in [4.69, 9.17) is 5.73 Å². The van der Waals surface area contributed by atoms with E-state index in [1.807, 2.05) is 6.92 Å². The molecule has 5 heteroatoms. The third-order valence-corrected chi connectivity index (χ3v) is 6.45. The van der Waals surface area contributed by atoms with Crippen LogP contribution in [-0.4, -0.2) is 38.6 Å². The first-order valence-electron chi connectivity index (χ1n) is 7.58. The van der Waals surface area contributed by atoms with Gasteiger partial charge >= 0.3 is 0 Å². The predicted octanol–water partition coefficient (Wildman–Crippen LogP) is 2.12. The van der Waals surface area contributed by atoms with E-state index in [1.54, 1.807) is 0 Å². The fourth-order valence-corrected chi connectivity index (χ4v) is 5.50. The Bertz CT molecular complexity index is 583. The van der Waals surface area contributed by atoms with E-state index < -0.39 is 15.4 Å². The minimum atomic E-state index is -3.12. The molecule has 1 aliphatic rings. The topological polar surface area (TPSA) is 63.4 Å². The summed E-state index contributed by atoms with van der Waals surface area (Å²) >= 11 is 0. The van der Waals surface area contributed by atoms with E-state index in [0.717, 1.165) is 25.1 Å². The van der Waals surface area contributed by atoms with Crippen molar-refractivity contribution in [2.24, 2.45) is 5.73 Å². The molecule has 1 saturated carbocycles. The first-order chi connectivity index (χ1) is 9.85. The van der Waals surface area contributed by atoms with Crippen LogP contribution in [0.3, 0.4) is 0 Å². The number of aryl methyl sites for hydroxylation is 1. The maximum absolute atomic E-state index is 12.2. The lowest BCUT2D eigenvalue weighted by Gasteiger charge is -2.45. The molecule has 0 amide bonds. The Balaban J connectivity index is 2.48. The molecule has 0 aliphatic heterocycles. The summed E-state index contributed by atoms with van der Waals surface area (Å²) < 4.78 is 24.5.